The standard InChI is InChI=1S/C27H32ClN3O3/c1-18-13-22-24(34-18)15-23-25(32)31(16-19-9-8-10-20(28)14-19)27(2,17-30(22)23)26(33)29-21-11-6-4-3-5-7-12-21/h8-10,13-15,21H,3-7,11-12,16-17H2,1-2H3,(H,29,33)/t27-/m1/s1. The molecule has 6 nitrogen and oxygen atoms in total. The molecule has 7 heteroatoms. The molecule has 0 bridgehead atoms. The Balaban J connectivity index is 1.51. The van der Waals surface area contributed by atoms with Gasteiger partial charge < -0.3 is 19.2 Å². The molecule has 1 atom stereocenters. The molecular formula is C27H32ClN3O3. The Morgan fingerprint density at radius 2 is 1.88 bits per heavy atom. The van der Waals surface area contributed by atoms with E-state index in [-0.39, 0.29) is 17.9 Å². The molecule has 1 fully saturated rings. The molecule has 0 spiro atoms. The van der Waals surface area contributed by atoms with Crippen LogP contribution < -0.4 is 5.32 Å². The van der Waals surface area contributed by atoms with Gasteiger partial charge in [-0.3, -0.25) is 9.59 Å². The number of nitrogens with one attached hydrogen (secondary N) is 1. The van der Waals surface area contributed by atoms with Crippen molar-refractivity contribution >= 4 is 34.5 Å². The minimum absolute atomic E-state index is 0.0961. The maximum absolute atomic E-state index is 13.9. The SMILES string of the molecule is Cc1cc2c(cc3n2C[C@](C)(C(=O)NC2CCCCCCC2)N(Cc2cccc(Cl)c2)C3=O)o1. The smallest absolute Gasteiger partial charge is 0.271 e. The zero-order chi connectivity index (χ0) is 23.9. The van der Waals surface area contributed by atoms with Crippen LogP contribution in [0, 0.1) is 6.92 Å². The third-order valence-electron chi connectivity index (χ3n) is 7.40. The number of furan rings is 1. The van der Waals surface area contributed by atoms with Crippen molar-refractivity contribution in [3.63, 3.8) is 0 Å². The Bertz CT molecular complexity index is 1220. The molecule has 2 amide bonds. The van der Waals surface area contributed by atoms with Crippen molar-refractivity contribution in [1.82, 2.24) is 14.8 Å². The zero-order valence-electron chi connectivity index (χ0n) is 19.9. The molecule has 1 saturated carbocycles. The molecule has 3 heterocycles. The van der Waals surface area contributed by atoms with Crippen molar-refractivity contribution in [2.75, 3.05) is 0 Å². The van der Waals surface area contributed by atoms with Gasteiger partial charge in [-0.1, -0.05) is 55.8 Å². The molecule has 1 aliphatic carbocycles. The van der Waals surface area contributed by atoms with Crippen LogP contribution >= 0.6 is 11.6 Å². The Kier molecular flexibility index (Phi) is 6.19. The van der Waals surface area contributed by atoms with Gasteiger partial charge in [0.25, 0.3) is 5.91 Å². The number of aromatic nitrogens is 1. The highest BCUT2D eigenvalue weighted by atomic mass is 35.5. The molecule has 3 aromatic rings. The molecule has 0 radical (unpaired) electrons. The van der Waals surface area contributed by atoms with Gasteiger partial charge in [-0.25, -0.2) is 0 Å². The molecule has 1 aliphatic heterocycles. The highest BCUT2D eigenvalue weighted by Crippen LogP contribution is 2.35. The summed E-state index contributed by atoms with van der Waals surface area (Å²) in [7, 11) is 0. The number of hydrogen-bond acceptors (Lipinski definition) is 3. The Labute approximate surface area is 205 Å². The van der Waals surface area contributed by atoms with E-state index in [9.17, 15) is 9.59 Å². The van der Waals surface area contributed by atoms with E-state index < -0.39 is 5.54 Å². The van der Waals surface area contributed by atoms with Crippen LogP contribution in [0.4, 0.5) is 0 Å². The van der Waals surface area contributed by atoms with Gasteiger partial charge in [-0.15, -0.1) is 0 Å². The van der Waals surface area contributed by atoms with Crippen molar-refractivity contribution in [2.45, 2.75) is 83.5 Å². The number of benzene rings is 1. The van der Waals surface area contributed by atoms with Crippen LogP contribution in [-0.2, 0) is 17.9 Å². The second-order valence-electron chi connectivity index (χ2n) is 10.0. The lowest BCUT2D eigenvalue weighted by Crippen LogP contribution is -2.64. The predicted octanol–water partition coefficient (Wildman–Crippen LogP) is 5.84. The molecule has 2 aliphatic rings. The van der Waals surface area contributed by atoms with Crippen LogP contribution in [-0.4, -0.2) is 32.9 Å². The van der Waals surface area contributed by atoms with E-state index in [4.69, 9.17) is 16.0 Å². The van der Waals surface area contributed by atoms with Crippen LogP contribution in [0.15, 0.2) is 40.8 Å². The zero-order valence-corrected chi connectivity index (χ0v) is 20.7. The van der Waals surface area contributed by atoms with Crippen molar-refractivity contribution in [3.05, 3.63) is 58.4 Å². The van der Waals surface area contributed by atoms with Gasteiger partial charge in [0.05, 0.1) is 12.1 Å². The summed E-state index contributed by atoms with van der Waals surface area (Å²) in [5, 5.41) is 3.94. The summed E-state index contributed by atoms with van der Waals surface area (Å²) in [5.41, 5.74) is 1.92. The van der Waals surface area contributed by atoms with Gasteiger partial charge >= 0.3 is 0 Å². The predicted molar refractivity (Wildman–Crippen MR) is 133 cm³/mol. The lowest BCUT2D eigenvalue weighted by atomic mass is 9.91. The maximum atomic E-state index is 13.9. The van der Waals surface area contributed by atoms with Gasteiger partial charge in [0.1, 0.15) is 17.0 Å². The highest BCUT2D eigenvalue weighted by molar-refractivity contribution is 6.30. The largest absolute Gasteiger partial charge is 0.460 e. The Hall–Kier alpha value is -2.73. The molecule has 34 heavy (non-hydrogen) atoms. The summed E-state index contributed by atoms with van der Waals surface area (Å²) in [6, 6.07) is 11.4. The number of nitrogens with zero attached hydrogens (tertiary/aromatic N) is 2. The number of rotatable bonds is 4. The van der Waals surface area contributed by atoms with Gasteiger partial charge in [0, 0.05) is 29.7 Å². The minimum atomic E-state index is -1.05. The molecule has 1 aromatic carbocycles. The van der Waals surface area contributed by atoms with Crippen LogP contribution in [0.2, 0.25) is 5.02 Å². The molecule has 2 aromatic heterocycles. The van der Waals surface area contributed by atoms with E-state index in [1.54, 1.807) is 11.0 Å². The lowest BCUT2D eigenvalue weighted by Gasteiger charge is -2.44. The molecule has 0 saturated heterocycles. The third-order valence-corrected chi connectivity index (χ3v) is 7.63. The number of amides is 2. The number of fused-ring (bicyclic) bond motifs is 3. The van der Waals surface area contributed by atoms with Crippen LogP contribution in [0.1, 0.15) is 73.7 Å². The van der Waals surface area contributed by atoms with E-state index in [0.29, 0.717) is 29.4 Å². The normalized spacial score (nSPS) is 21.9. The first-order valence-electron chi connectivity index (χ1n) is 12.3. The summed E-state index contributed by atoms with van der Waals surface area (Å²) >= 11 is 6.23. The number of aryl methyl sites for hydroxylation is 1. The first-order chi connectivity index (χ1) is 16.3. The summed E-state index contributed by atoms with van der Waals surface area (Å²) in [4.78, 5) is 29.4. The number of hydrogen-bond donors (Lipinski definition) is 1. The first kappa shape index (κ1) is 23.0. The number of carbonyl (C=O) groups excluding carboxylic acids is 2. The molecule has 5 rings (SSSR count). The fourth-order valence-electron chi connectivity index (χ4n) is 5.47. The van der Waals surface area contributed by atoms with Gasteiger partial charge in [0.2, 0.25) is 5.91 Å². The second-order valence-corrected chi connectivity index (χ2v) is 10.5. The van der Waals surface area contributed by atoms with E-state index in [2.05, 4.69) is 5.32 Å². The van der Waals surface area contributed by atoms with Gasteiger partial charge in [-0.05, 0) is 44.4 Å². The monoisotopic (exact) mass is 481 g/mol. The maximum Gasteiger partial charge on any atom is 0.271 e. The topological polar surface area (TPSA) is 67.5 Å². The summed E-state index contributed by atoms with van der Waals surface area (Å²) in [6.07, 6.45) is 7.94. The lowest BCUT2D eigenvalue weighted by molar-refractivity contribution is -0.134. The van der Waals surface area contributed by atoms with Crippen molar-refractivity contribution < 1.29 is 14.0 Å². The van der Waals surface area contributed by atoms with Gasteiger partial charge in [0.15, 0.2) is 5.58 Å². The first-order valence-corrected chi connectivity index (χ1v) is 12.7. The van der Waals surface area contributed by atoms with E-state index in [1.807, 2.05) is 48.7 Å². The average Bonchev–Trinajstić information content (AvgIpc) is 3.29. The summed E-state index contributed by atoms with van der Waals surface area (Å²) in [5.74, 6) is 0.515. The van der Waals surface area contributed by atoms with Crippen molar-refractivity contribution in [3.8, 4) is 0 Å². The second kappa shape index (κ2) is 9.14. The Morgan fingerprint density at radius 1 is 1.15 bits per heavy atom. The number of halogens is 1. The van der Waals surface area contributed by atoms with Crippen LogP contribution in [0.25, 0.3) is 11.1 Å². The summed E-state index contributed by atoms with van der Waals surface area (Å²) in [6.45, 7) is 4.45. The third kappa shape index (κ3) is 4.24. The van der Waals surface area contributed by atoms with Crippen molar-refractivity contribution in [2.24, 2.45) is 0 Å². The average molecular weight is 482 g/mol. The van der Waals surface area contributed by atoms with Crippen LogP contribution in [0.5, 0.6) is 0 Å². The fourth-order valence-corrected chi connectivity index (χ4v) is 5.68. The molecule has 0 unspecified atom stereocenters. The molecule has 1 N–H and O–H groups in total. The van der Waals surface area contributed by atoms with E-state index >= 15 is 0 Å². The number of carbonyl (C=O) groups is 2. The molecule has 180 valence electrons. The summed E-state index contributed by atoms with van der Waals surface area (Å²) < 4.78 is 7.75. The van der Waals surface area contributed by atoms with E-state index in [0.717, 1.165) is 42.5 Å². The fraction of sp³-hybridized carbons (Fsp3) is 0.481. The van der Waals surface area contributed by atoms with E-state index in [1.165, 1.54) is 19.3 Å². The van der Waals surface area contributed by atoms with Crippen molar-refractivity contribution in [1.29, 1.82) is 0 Å². The van der Waals surface area contributed by atoms with Crippen LogP contribution in [0.3, 0.4) is 0 Å². The highest BCUT2D eigenvalue weighted by Gasteiger charge is 2.48. The Morgan fingerprint density at radius 3 is 2.62 bits per heavy atom. The van der Waals surface area contributed by atoms with Gasteiger partial charge in [-0.2, -0.15) is 0 Å². The quantitative estimate of drug-likeness (QED) is 0.509. The molecular weight excluding hydrogens is 450 g/mol. The minimum Gasteiger partial charge on any atom is -0.460 e.